The van der Waals surface area contributed by atoms with Crippen LogP contribution in [0.4, 0.5) is 0 Å². The number of rotatable bonds is 9. The van der Waals surface area contributed by atoms with Gasteiger partial charge in [-0.05, 0) is 32.2 Å². The van der Waals surface area contributed by atoms with Gasteiger partial charge in [-0.15, -0.1) is 0 Å². The molecule has 17 heavy (non-hydrogen) atoms. The molecule has 1 fully saturated rings. The van der Waals surface area contributed by atoms with Crippen LogP contribution in [0.25, 0.3) is 0 Å². The van der Waals surface area contributed by atoms with E-state index in [9.17, 15) is 0 Å². The van der Waals surface area contributed by atoms with Crippen LogP contribution in [0.15, 0.2) is 0 Å². The normalized spacial score (nSPS) is 19.7. The molecule has 1 saturated heterocycles. The Bertz CT molecular complexity index is 222. The molecular formula is C13H24N2O2. The van der Waals surface area contributed by atoms with E-state index in [0.29, 0.717) is 12.5 Å². The highest BCUT2D eigenvalue weighted by Gasteiger charge is 2.15. The minimum absolute atomic E-state index is 0.482. The van der Waals surface area contributed by atoms with Crippen LogP contribution in [0.2, 0.25) is 0 Å². The Kier molecular flexibility index (Phi) is 7.98. The highest BCUT2D eigenvalue weighted by Crippen LogP contribution is 2.16. The van der Waals surface area contributed by atoms with Crippen molar-refractivity contribution in [3.63, 3.8) is 0 Å². The SMILES string of the molecule is COCCN(CCC#N)CCCC1CCCO1. The van der Waals surface area contributed by atoms with Crippen molar-refractivity contribution in [1.82, 2.24) is 4.90 Å². The second-order valence-corrected chi connectivity index (χ2v) is 4.52. The van der Waals surface area contributed by atoms with Crippen molar-refractivity contribution in [3.8, 4) is 6.07 Å². The molecule has 0 saturated carbocycles. The van der Waals surface area contributed by atoms with E-state index >= 15 is 0 Å². The molecule has 0 aromatic heterocycles. The molecule has 0 aromatic carbocycles. The number of hydrogen-bond acceptors (Lipinski definition) is 4. The highest BCUT2D eigenvalue weighted by molar-refractivity contribution is 4.73. The average Bonchev–Trinajstić information content (AvgIpc) is 2.85. The van der Waals surface area contributed by atoms with Crippen molar-refractivity contribution in [2.75, 3.05) is 40.0 Å². The quantitative estimate of drug-likeness (QED) is 0.616. The lowest BCUT2D eigenvalue weighted by Crippen LogP contribution is -2.30. The third-order valence-electron chi connectivity index (χ3n) is 3.18. The van der Waals surface area contributed by atoms with E-state index in [4.69, 9.17) is 14.7 Å². The van der Waals surface area contributed by atoms with Gasteiger partial charge in [0.15, 0.2) is 0 Å². The lowest BCUT2D eigenvalue weighted by molar-refractivity contribution is 0.0960. The molecule has 1 aliphatic rings. The van der Waals surface area contributed by atoms with Crippen LogP contribution in [-0.2, 0) is 9.47 Å². The first-order valence-electron chi connectivity index (χ1n) is 6.56. The van der Waals surface area contributed by atoms with Gasteiger partial charge in [0.25, 0.3) is 0 Å². The largest absolute Gasteiger partial charge is 0.383 e. The van der Waals surface area contributed by atoms with Gasteiger partial charge in [-0.3, -0.25) is 0 Å². The monoisotopic (exact) mass is 240 g/mol. The Balaban J connectivity index is 2.10. The van der Waals surface area contributed by atoms with Gasteiger partial charge in [-0.1, -0.05) is 0 Å². The summed E-state index contributed by atoms with van der Waals surface area (Å²) >= 11 is 0. The molecule has 4 nitrogen and oxygen atoms in total. The summed E-state index contributed by atoms with van der Waals surface area (Å²) in [5.74, 6) is 0. The Hall–Kier alpha value is -0.630. The Morgan fingerprint density at radius 3 is 2.94 bits per heavy atom. The van der Waals surface area contributed by atoms with Crippen molar-refractivity contribution in [2.24, 2.45) is 0 Å². The molecule has 0 aromatic rings. The van der Waals surface area contributed by atoms with E-state index in [1.54, 1.807) is 7.11 Å². The summed E-state index contributed by atoms with van der Waals surface area (Å²) in [6.07, 6.45) is 5.82. The van der Waals surface area contributed by atoms with Crippen LogP contribution < -0.4 is 0 Å². The summed E-state index contributed by atoms with van der Waals surface area (Å²) in [7, 11) is 1.72. The molecule has 1 unspecified atom stereocenters. The molecule has 0 spiro atoms. The first kappa shape index (κ1) is 14.4. The van der Waals surface area contributed by atoms with Gasteiger partial charge in [0.2, 0.25) is 0 Å². The summed E-state index contributed by atoms with van der Waals surface area (Å²) in [6, 6.07) is 2.20. The third-order valence-corrected chi connectivity index (χ3v) is 3.18. The van der Waals surface area contributed by atoms with Gasteiger partial charge in [0.1, 0.15) is 0 Å². The summed E-state index contributed by atoms with van der Waals surface area (Å²) in [4.78, 5) is 2.31. The molecule has 1 rings (SSSR count). The topological polar surface area (TPSA) is 45.5 Å². The zero-order valence-corrected chi connectivity index (χ0v) is 10.9. The maximum atomic E-state index is 8.61. The highest BCUT2D eigenvalue weighted by atomic mass is 16.5. The van der Waals surface area contributed by atoms with Crippen LogP contribution >= 0.6 is 0 Å². The fraction of sp³-hybridized carbons (Fsp3) is 0.923. The molecule has 4 heteroatoms. The van der Waals surface area contributed by atoms with E-state index < -0.39 is 0 Å². The van der Waals surface area contributed by atoms with E-state index in [-0.39, 0.29) is 0 Å². The summed E-state index contributed by atoms with van der Waals surface area (Å²) < 4.78 is 10.7. The summed E-state index contributed by atoms with van der Waals surface area (Å²) in [5.41, 5.74) is 0. The molecule has 1 heterocycles. The number of nitrogens with zero attached hydrogens (tertiary/aromatic N) is 2. The minimum Gasteiger partial charge on any atom is -0.383 e. The van der Waals surface area contributed by atoms with E-state index in [1.807, 2.05) is 0 Å². The van der Waals surface area contributed by atoms with Gasteiger partial charge in [0, 0.05) is 33.2 Å². The minimum atomic E-state index is 0.482. The molecule has 0 N–H and O–H groups in total. The smallest absolute Gasteiger partial charge is 0.0635 e. The third kappa shape index (κ3) is 6.62. The van der Waals surface area contributed by atoms with Gasteiger partial charge in [-0.2, -0.15) is 5.26 Å². The molecule has 0 bridgehead atoms. The number of nitriles is 1. The Labute approximate surface area is 104 Å². The number of hydrogen-bond donors (Lipinski definition) is 0. The van der Waals surface area contributed by atoms with Crippen LogP contribution in [0.5, 0.6) is 0 Å². The predicted molar refractivity (Wildman–Crippen MR) is 66.8 cm³/mol. The van der Waals surface area contributed by atoms with Crippen molar-refractivity contribution in [3.05, 3.63) is 0 Å². The van der Waals surface area contributed by atoms with E-state index in [1.165, 1.54) is 12.8 Å². The molecule has 1 aliphatic heterocycles. The first-order valence-corrected chi connectivity index (χ1v) is 6.56. The molecule has 0 aliphatic carbocycles. The van der Waals surface area contributed by atoms with Crippen LogP contribution in [-0.4, -0.2) is 51.0 Å². The van der Waals surface area contributed by atoms with Crippen LogP contribution in [0.3, 0.4) is 0 Å². The van der Waals surface area contributed by atoms with E-state index in [0.717, 1.165) is 45.7 Å². The van der Waals surface area contributed by atoms with Crippen LogP contribution in [0, 0.1) is 11.3 Å². The second kappa shape index (κ2) is 9.41. The molecule has 1 atom stereocenters. The van der Waals surface area contributed by atoms with Crippen molar-refractivity contribution in [1.29, 1.82) is 5.26 Å². The Morgan fingerprint density at radius 2 is 2.29 bits per heavy atom. The maximum absolute atomic E-state index is 8.61. The lowest BCUT2D eigenvalue weighted by Gasteiger charge is -2.21. The van der Waals surface area contributed by atoms with Crippen LogP contribution in [0.1, 0.15) is 32.1 Å². The average molecular weight is 240 g/mol. The fourth-order valence-electron chi connectivity index (χ4n) is 2.18. The molecular weight excluding hydrogens is 216 g/mol. The lowest BCUT2D eigenvalue weighted by atomic mass is 10.1. The fourth-order valence-corrected chi connectivity index (χ4v) is 2.18. The van der Waals surface area contributed by atoms with Gasteiger partial charge < -0.3 is 14.4 Å². The molecule has 98 valence electrons. The standard InChI is InChI=1S/C13H24N2O2/c1-16-12-10-15(9-4-7-14)8-2-5-13-6-3-11-17-13/h13H,2-6,8-12H2,1H3. The maximum Gasteiger partial charge on any atom is 0.0635 e. The van der Waals surface area contributed by atoms with Crippen molar-refractivity contribution in [2.45, 2.75) is 38.2 Å². The van der Waals surface area contributed by atoms with Gasteiger partial charge in [-0.25, -0.2) is 0 Å². The molecule has 0 radical (unpaired) electrons. The van der Waals surface area contributed by atoms with Gasteiger partial charge in [0.05, 0.1) is 18.8 Å². The van der Waals surface area contributed by atoms with Gasteiger partial charge >= 0.3 is 0 Å². The zero-order chi connectivity index (χ0) is 12.3. The number of ether oxygens (including phenoxy) is 2. The first-order chi connectivity index (χ1) is 8.36. The van der Waals surface area contributed by atoms with Crippen molar-refractivity contribution >= 4 is 0 Å². The van der Waals surface area contributed by atoms with Crippen molar-refractivity contribution < 1.29 is 9.47 Å². The zero-order valence-electron chi connectivity index (χ0n) is 10.9. The summed E-state index contributed by atoms with van der Waals surface area (Å²) in [6.45, 7) is 4.50. The summed E-state index contributed by atoms with van der Waals surface area (Å²) in [5, 5.41) is 8.61. The Morgan fingerprint density at radius 1 is 1.41 bits per heavy atom. The number of methoxy groups -OCH3 is 1. The van der Waals surface area contributed by atoms with E-state index in [2.05, 4.69) is 11.0 Å². The molecule has 0 amide bonds. The predicted octanol–water partition coefficient (Wildman–Crippen LogP) is 1.81. The second-order valence-electron chi connectivity index (χ2n) is 4.52.